The van der Waals surface area contributed by atoms with Crippen LogP contribution in [-0.4, -0.2) is 20.1 Å². The summed E-state index contributed by atoms with van der Waals surface area (Å²) in [4.78, 5) is 2.38. The summed E-state index contributed by atoms with van der Waals surface area (Å²) >= 11 is 0. The summed E-state index contributed by atoms with van der Waals surface area (Å²) < 4.78 is 0. The van der Waals surface area contributed by atoms with Crippen LogP contribution in [0.2, 0.25) is 0 Å². The van der Waals surface area contributed by atoms with Crippen molar-refractivity contribution >= 4 is 5.69 Å². The molecule has 1 aromatic carbocycles. The number of nitrogens with one attached hydrogen (secondary N) is 1. The molecule has 1 N–H and O–H groups in total. The van der Waals surface area contributed by atoms with E-state index < -0.39 is 0 Å². The van der Waals surface area contributed by atoms with Gasteiger partial charge in [-0.3, -0.25) is 0 Å². The van der Waals surface area contributed by atoms with Gasteiger partial charge < -0.3 is 10.2 Å². The summed E-state index contributed by atoms with van der Waals surface area (Å²) in [5.74, 6) is 0.800. The fourth-order valence-electron chi connectivity index (χ4n) is 2.96. The van der Waals surface area contributed by atoms with Crippen LogP contribution < -0.4 is 10.2 Å². The molecular formula is C16H23N3. The quantitative estimate of drug-likeness (QED) is 0.881. The fraction of sp³-hybridized carbons (Fsp3) is 0.562. The lowest BCUT2D eigenvalue weighted by Crippen LogP contribution is -2.21. The van der Waals surface area contributed by atoms with Gasteiger partial charge in [0.05, 0.1) is 11.3 Å². The Morgan fingerprint density at radius 3 is 3.00 bits per heavy atom. The second-order valence-electron chi connectivity index (χ2n) is 5.38. The van der Waals surface area contributed by atoms with E-state index in [1.54, 1.807) is 0 Å². The minimum absolute atomic E-state index is 0.800. The summed E-state index contributed by atoms with van der Waals surface area (Å²) in [6.07, 6.45) is 3.82. The summed E-state index contributed by atoms with van der Waals surface area (Å²) in [7, 11) is 1.93. The first kappa shape index (κ1) is 13.9. The van der Waals surface area contributed by atoms with Crippen molar-refractivity contribution in [2.75, 3.05) is 25.0 Å². The van der Waals surface area contributed by atoms with Gasteiger partial charge in [-0.2, -0.15) is 5.26 Å². The number of nitriles is 1. The van der Waals surface area contributed by atoms with E-state index in [9.17, 15) is 5.26 Å². The lowest BCUT2D eigenvalue weighted by atomic mass is 10.0. The highest BCUT2D eigenvalue weighted by molar-refractivity contribution is 5.61. The highest BCUT2D eigenvalue weighted by Gasteiger charge is 2.23. The van der Waals surface area contributed by atoms with Crippen molar-refractivity contribution in [3.8, 4) is 6.07 Å². The highest BCUT2D eigenvalue weighted by atomic mass is 15.2. The lowest BCUT2D eigenvalue weighted by Gasteiger charge is -2.20. The Morgan fingerprint density at radius 1 is 1.47 bits per heavy atom. The monoisotopic (exact) mass is 257 g/mol. The second-order valence-corrected chi connectivity index (χ2v) is 5.38. The molecule has 0 aromatic heterocycles. The van der Waals surface area contributed by atoms with Crippen molar-refractivity contribution in [2.45, 2.75) is 32.7 Å². The van der Waals surface area contributed by atoms with Gasteiger partial charge in [0.1, 0.15) is 6.07 Å². The van der Waals surface area contributed by atoms with E-state index in [1.165, 1.54) is 24.8 Å². The van der Waals surface area contributed by atoms with Crippen molar-refractivity contribution in [1.29, 1.82) is 5.26 Å². The van der Waals surface area contributed by atoms with Gasteiger partial charge in [-0.25, -0.2) is 0 Å². The Bertz CT molecular complexity index is 462. The second kappa shape index (κ2) is 6.58. The molecule has 0 radical (unpaired) electrons. The molecule has 1 heterocycles. The van der Waals surface area contributed by atoms with Gasteiger partial charge in [0.2, 0.25) is 0 Å². The van der Waals surface area contributed by atoms with E-state index in [1.807, 2.05) is 13.1 Å². The van der Waals surface area contributed by atoms with Crippen LogP contribution in [0.3, 0.4) is 0 Å². The molecule has 1 aromatic rings. The van der Waals surface area contributed by atoms with Crippen molar-refractivity contribution in [3.63, 3.8) is 0 Å². The maximum atomic E-state index is 9.34. The summed E-state index contributed by atoms with van der Waals surface area (Å²) in [6.45, 7) is 5.25. The molecule has 3 nitrogen and oxygen atoms in total. The van der Waals surface area contributed by atoms with Crippen molar-refractivity contribution in [1.82, 2.24) is 5.32 Å². The van der Waals surface area contributed by atoms with Crippen molar-refractivity contribution < 1.29 is 0 Å². The van der Waals surface area contributed by atoms with Gasteiger partial charge in [0, 0.05) is 19.6 Å². The lowest BCUT2D eigenvalue weighted by molar-refractivity contribution is 0.530. The normalized spacial score (nSPS) is 18.6. The van der Waals surface area contributed by atoms with E-state index in [-0.39, 0.29) is 0 Å². The standard InChI is InChI=1S/C16H23N3/c1-3-4-13-7-8-19(12-13)16-6-5-14(11-18-2)9-15(16)10-17/h5-6,9,13,18H,3-4,7-8,11-12H2,1-2H3. The predicted octanol–water partition coefficient (Wildman–Crippen LogP) is 2.90. The van der Waals surface area contributed by atoms with Gasteiger partial charge in [-0.15, -0.1) is 0 Å². The fourth-order valence-corrected chi connectivity index (χ4v) is 2.96. The summed E-state index contributed by atoms with van der Waals surface area (Å²) in [5.41, 5.74) is 3.10. The number of nitrogens with zero attached hydrogens (tertiary/aromatic N) is 2. The maximum Gasteiger partial charge on any atom is 0.101 e. The van der Waals surface area contributed by atoms with E-state index in [0.717, 1.165) is 36.8 Å². The van der Waals surface area contributed by atoms with Crippen LogP contribution >= 0.6 is 0 Å². The zero-order valence-corrected chi connectivity index (χ0v) is 11.9. The summed E-state index contributed by atoms with van der Waals surface area (Å²) in [6, 6.07) is 8.60. The van der Waals surface area contributed by atoms with E-state index in [4.69, 9.17) is 0 Å². The molecule has 3 heteroatoms. The largest absolute Gasteiger partial charge is 0.370 e. The third-order valence-electron chi connectivity index (χ3n) is 3.89. The van der Waals surface area contributed by atoms with Crippen LogP contribution in [0.4, 0.5) is 5.69 Å². The first-order chi connectivity index (χ1) is 9.28. The van der Waals surface area contributed by atoms with E-state index >= 15 is 0 Å². The Hall–Kier alpha value is -1.53. The topological polar surface area (TPSA) is 39.1 Å². The molecule has 0 spiro atoms. The van der Waals surface area contributed by atoms with E-state index in [2.05, 4.69) is 35.3 Å². The van der Waals surface area contributed by atoms with Gasteiger partial charge in [-0.05, 0) is 43.5 Å². The van der Waals surface area contributed by atoms with E-state index in [0.29, 0.717) is 0 Å². The average Bonchev–Trinajstić information content (AvgIpc) is 2.88. The molecule has 2 rings (SSSR count). The molecule has 1 aliphatic heterocycles. The first-order valence-electron chi connectivity index (χ1n) is 7.21. The molecule has 0 bridgehead atoms. The number of hydrogen-bond acceptors (Lipinski definition) is 3. The van der Waals surface area contributed by atoms with Gasteiger partial charge in [0.15, 0.2) is 0 Å². The van der Waals surface area contributed by atoms with Crippen LogP contribution in [0.5, 0.6) is 0 Å². The maximum absolute atomic E-state index is 9.34. The zero-order chi connectivity index (χ0) is 13.7. The molecule has 1 unspecified atom stereocenters. The molecule has 1 fully saturated rings. The smallest absolute Gasteiger partial charge is 0.101 e. The Labute approximate surface area is 116 Å². The van der Waals surface area contributed by atoms with Crippen molar-refractivity contribution in [3.05, 3.63) is 29.3 Å². The summed E-state index contributed by atoms with van der Waals surface area (Å²) in [5, 5.41) is 12.5. The molecular weight excluding hydrogens is 234 g/mol. The van der Waals surface area contributed by atoms with Gasteiger partial charge >= 0.3 is 0 Å². The predicted molar refractivity (Wildman–Crippen MR) is 79.1 cm³/mol. The van der Waals surface area contributed by atoms with Gasteiger partial charge in [0.25, 0.3) is 0 Å². The minimum Gasteiger partial charge on any atom is -0.370 e. The highest BCUT2D eigenvalue weighted by Crippen LogP contribution is 2.29. The average molecular weight is 257 g/mol. The first-order valence-corrected chi connectivity index (χ1v) is 7.21. The van der Waals surface area contributed by atoms with Gasteiger partial charge in [-0.1, -0.05) is 19.4 Å². The number of rotatable bonds is 5. The number of hydrogen-bond donors (Lipinski definition) is 1. The van der Waals surface area contributed by atoms with Crippen LogP contribution in [0.1, 0.15) is 37.3 Å². The Morgan fingerprint density at radius 2 is 2.32 bits per heavy atom. The molecule has 1 aliphatic rings. The number of benzene rings is 1. The molecule has 19 heavy (non-hydrogen) atoms. The zero-order valence-electron chi connectivity index (χ0n) is 11.9. The molecule has 1 saturated heterocycles. The molecule has 0 aliphatic carbocycles. The molecule has 102 valence electrons. The SMILES string of the molecule is CCCC1CCN(c2ccc(CNC)cc2C#N)C1. The van der Waals surface area contributed by atoms with Crippen LogP contribution in [0.25, 0.3) is 0 Å². The van der Waals surface area contributed by atoms with Crippen LogP contribution in [0, 0.1) is 17.2 Å². The Kier molecular flexibility index (Phi) is 4.81. The van der Waals surface area contributed by atoms with Crippen LogP contribution in [-0.2, 0) is 6.54 Å². The van der Waals surface area contributed by atoms with Crippen LogP contribution in [0.15, 0.2) is 18.2 Å². The molecule has 1 atom stereocenters. The molecule has 0 saturated carbocycles. The third kappa shape index (κ3) is 3.27. The molecule has 0 amide bonds. The minimum atomic E-state index is 0.800. The van der Waals surface area contributed by atoms with Crippen molar-refractivity contribution in [2.24, 2.45) is 5.92 Å². The Balaban J connectivity index is 2.14. The number of anilines is 1. The third-order valence-corrected chi connectivity index (χ3v) is 3.89.